The fraction of sp³-hybridized carbons (Fsp3) is 0.444. The summed E-state index contributed by atoms with van der Waals surface area (Å²) in [6.07, 6.45) is 3.08. The molecule has 1 fully saturated rings. The first-order valence-corrected chi connectivity index (χ1v) is 9.34. The zero-order valence-electron chi connectivity index (χ0n) is 16.1. The van der Waals surface area contributed by atoms with Crippen molar-refractivity contribution in [2.45, 2.75) is 45.2 Å². The Hall–Kier alpha value is -3.44. The lowest BCUT2D eigenvalue weighted by molar-refractivity contribution is -0.133. The standard InChI is InChI=1S/C18H19F2N7O3/c1-10-15(26-30-25-10)16(29)22-8-13-9-27-3-2-12(23-17(27)24-13)7-21-14(28)4-11-5-18(19,20)6-11/h2-3,9,11H,4-8H2,1H3,(H,21,28)(H,22,29). The third kappa shape index (κ3) is 4.42. The fourth-order valence-electron chi connectivity index (χ4n) is 3.29. The maximum atomic E-state index is 12.8. The molecule has 3 heterocycles. The summed E-state index contributed by atoms with van der Waals surface area (Å²) in [5.74, 6) is -3.19. The molecule has 1 saturated carbocycles. The van der Waals surface area contributed by atoms with Crippen molar-refractivity contribution in [3.8, 4) is 0 Å². The largest absolute Gasteiger partial charge is 0.350 e. The molecule has 0 saturated heterocycles. The third-order valence-electron chi connectivity index (χ3n) is 4.85. The van der Waals surface area contributed by atoms with Crippen LogP contribution < -0.4 is 10.6 Å². The van der Waals surface area contributed by atoms with Crippen LogP contribution >= 0.6 is 0 Å². The predicted molar refractivity (Wildman–Crippen MR) is 97.3 cm³/mol. The third-order valence-corrected chi connectivity index (χ3v) is 4.85. The first kappa shape index (κ1) is 19.9. The molecule has 4 rings (SSSR count). The van der Waals surface area contributed by atoms with Gasteiger partial charge in [0.25, 0.3) is 5.91 Å². The Bertz CT molecular complexity index is 1090. The van der Waals surface area contributed by atoms with Crippen molar-refractivity contribution in [1.82, 2.24) is 35.3 Å². The predicted octanol–water partition coefficient (Wildman–Crippen LogP) is 1.40. The van der Waals surface area contributed by atoms with Gasteiger partial charge in [0.05, 0.1) is 24.5 Å². The van der Waals surface area contributed by atoms with Crippen molar-refractivity contribution in [3.63, 3.8) is 0 Å². The topological polar surface area (TPSA) is 127 Å². The number of nitrogens with zero attached hydrogens (tertiary/aromatic N) is 5. The van der Waals surface area contributed by atoms with E-state index in [0.29, 0.717) is 22.9 Å². The van der Waals surface area contributed by atoms with E-state index in [2.05, 4.69) is 35.5 Å². The maximum Gasteiger partial charge on any atom is 0.275 e. The van der Waals surface area contributed by atoms with Gasteiger partial charge in [0.1, 0.15) is 5.69 Å². The van der Waals surface area contributed by atoms with E-state index >= 15 is 0 Å². The molecule has 1 aliphatic rings. The Kier molecular flexibility index (Phi) is 5.14. The van der Waals surface area contributed by atoms with Crippen molar-refractivity contribution in [2.75, 3.05) is 0 Å². The van der Waals surface area contributed by atoms with Crippen LogP contribution in [0.5, 0.6) is 0 Å². The normalized spacial score (nSPS) is 15.7. The van der Waals surface area contributed by atoms with Crippen LogP contribution in [-0.2, 0) is 17.9 Å². The molecule has 30 heavy (non-hydrogen) atoms. The van der Waals surface area contributed by atoms with Crippen LogP contribution in [0.1, 0.15) is 46.8 Å². The summed E-state index contributed by atoms with van der Waals surface area (Å²) < 4.78 is 31.9. The summed E-state index contributed by atoms with van der Waals surface area (Å²) in [4.78, 5) is 32.7. The molecule has 2 amide bonds. The zero-order chi connectivity index (χ0) is 21.3. The summed E-state index contributed by atoms with van der Waals surface area (Å²) in [5, 5.41) is 12.5. The van der Waals surface area contributed by atoms with Gasteiger partial charge in [-0.15, -0.1) is 0 Å². The Morgan fingerprint density at radius 2 is 1.93 bits per heavy atom. The first-order valence-electron chi connectivity index (χ1n) is 9.34. The molecule has 3 aromatic rings. The van der Waals surface area contributed by atoms with E-state index in [9.17, 15) is 18.4 Å². The number of aryl methyl sites for hydroxylation is 1. The lowest BCUT2D eigenvalue weighted by atomic mass is 9.79. The lowest BCUT2D eigenvalue weighted by Crippen LogP contribution is -2.38. The van der Waals surface area contributed by atoms with E-state index in [4.69, 9.17) is 0 Å². The van der Waals surface area contributed by atoms with Crippen LogP contribution in [0.25, 0.3) is 5.78 Å². The number of nitrogens with one attached hydrogen (secondary N) is 2. The molecule has 0 bridgehead atoms. The van der Waals surface area contributed by atoms with Gasteiger partial charge in [0.2, 0.25) is 17.6 Å². The minimum Gasteiger partial charge on any atom is -0.350 e. The SMILES string of the molecule is Cc1nonc1C(=O)NCc1cn2ccc(CNC(=O)CC3CC(F)(F)C3)nc2n1. The number of rotatable bonds is 7. The first-order chi connectivity index (χ1) is 14.3. The lowest BCUT2D eigenvalue weighted by Gasteiger charge is -2.34. The zero-order valence-corrected chi connectivity index (χ0v) is 16.1. The molecule has 10 nitrogen and oxygen atoms in total. The van der Waals surface area contributed by atoms with Gasteiger partial charge < -0.3 is 10.6 Å². The van der Waals surface area contributed by atoms with Crippen LogP contribution in [0.3, 0.4) is 0 Å². The molecule has 0 atom stereocenters. The van der Waals surface area contributed by atoms with Crippen molar-refractivity contribution in [3.05, 3.63) is 41.2 Å². The molecule has 2 N–H and O–H groups in total. The number of aromatic nitrogens is 5. The highest BCUT2D eigenvalue weighted by Gasteiger charge is 2.45. The second-order valence-corrected chi connectivity index (χ2v) is 7.35. The van der Waals surface area contributed by atoms with E-state index < -0.39 is 11.8 Å². The van der Waals surface area contributed by atoms with Crippen LogP contribution in [0.4, 0.5) is 8.78 Å². The number of fused-ring (bicyclic) bond motifs is 1. The van der Waals surface area contributed by atoms with E-state index in [1.807, 2.05) is 0 Å². The average molecular weight is 419 g/mol. The Balaban J connectivity index is 1.30. The number of halogens is 2. The molecular weight excluding hydrogens is 400 g/mol. The molecule has 0 unspecified atom stereocenters. The number of amides is 2. The minimum absolute atomic E-state index is 0.0889. The van der Waals surface area contributed by atoms with Crippen molar-refractivity contribution >= 4 is 17.6 Å². The number of carbonyl (C=O) groups is 2. The molecule has 0 aliphatic heterocycles. The minimum atomic E-state index is -2.62. The highest BCUT2D eigenvalue weighted by Crippen LogP contribution is 2.43. The Labute approximate surface area is 169 Å². The molecule has 0 spiro atoms. The van der Waals surface area contributed by atoms with Gasteiger partial charge in [-0.2, -0.15) is 0 Å². The maximum absolute atomic E-state index is 12.8. The second-order valence-electron chi connectivity index (χ2n) is 7.35. The van der Waals surface area contributed by atoms with Crippen molar-refractivity contribution < 1.29 is 23.0 Å². The second kappa shape index (κ2) is 7.76. The molecule has 1 aliphatic carbocycles. The highest BCUT2D eigenvalue weighted by molar-refractivity contribution is 5.92. The summed E-state index contributed by atoms with van der Waals surface area (Å²) in [6.45, 7) is 1.95. The van der Waals surface area contributed by atoms with Gasteiger partial charge >= 0.3 is 0 Å². The highest BCUT2D eigenvalue weighted by atomic mass is 19.3. The van der Waals surface area contributed by atoms with Gasteiger partial charge in [0, 0.05) is 31.7 Å². The van der Waals surface area contributed by atoms with Crippen LogP contribution in [0, 0.1) is 12.8 Å². The molecule has 12 heteroatoms. The summed E-state index contributed by atoms with van der Waals surface area (Å²) in [7, 11) is 0. The van der Waals surface area contributed by atoms with Crippen molar-refractivity contribution in [2.24, 2.45) is 5.92 Å². The van der Waals surface area contributed by atoms with Gasteiger partial charge in [0.15, 0.2) is 5.69 Å². The molecule has 3 aromatic heterocycles. The molecule has 0 radical (unpaired) electrons. The van der Waals surface area contributed by atoms with E-state index in [1.165, 1.54) is 0 Å². The average Bonchev–Trinajstić information content (AvgIpc) is 3.28. The number of hydrogen-bond acceptors (Lipinski definition) is 7. The number of hydrogen-bond donors (Lipinski definition) is 2. The van der Waals surface area contributed by atoms with E-state index in [1.54, 1.807) is 29.8 Å². The van der Waals surface area contributed by atoms with Crippen LogP contribution in [-0.4, -0.2) is 42.4 Å². The molecule has 0 aromatic carbocycles. The smallest absolute Gasteiger partial charge is 0.275 e. The van der Waals surface area contributed by atoms with Gasteiger partial charge in [-0.1, -0.05) is 5.16 Å². The summed E-state index contributed by atoms with van der Waals surface area (Å²) >= 11 is 0. The summed E-state index contributed by atoms with van der Waals surface area (Å²) in [6, 6.07) is 1.72. The monoisotopic (exact) mass is 419 g/mol. The Morgan fingerprint density at radius 3 is 2.63 bits per heavy atom. The molecular formula is C18H19F2N7O3. The van der Waals surface area contributed by atoms with Gasteiger partial charge in [-0.25, -0.2) is 23.4 Å². The fourth-order valence-corrected chi connectivity index (χ4v) is 3.29. The Morgan fingerprint density at radius 1 is 1.20 bits per heavy atom. The van der Waals surface area contributed by atoms with E-state index in [0.717, 1.165) is 0 Å². The number of alkyl halides is 2. The number of imidazole rings is 1. The van der Waals surface area contributed by atoms with Crippen LogP contribution in [0.2, 0.25) is 0 Å². The number of carbonyl (C=O) groups excluding carboxylic acids is 2. The van der Waals surface area contributed by atoms with Gasteiger partial charge in [-0.05, 0) is 24.1 Å². The van der Waals surface area contributed by atoms with Gasteiger partial charge in [-0.3, -0.25) is 14.0 Å². The van der Waals surface area contributed by atoms with E-state index in [-0.39, 0.29) is 49.9 Å². The molecule has 158 valence electrons. The summed E-state index contributed by atoms with van der Waals surface area (Å²) in [5.41, 5.74) is 1.67. The van der Waals surface area contributed by atoms with Crippen LogP contribution in [0.15, 0.2) is 23.1 Å². The quantitative estimate of drug-likeness (QED) is 0.593. The van der Waals surface area contributed by atoms with Crippen molar-refractivity contribution in [1.29, 1.82) is 0 Å².